The van der Waals surface area contributed by atoms with E-state index < -0.39 is 0 Å². The Balaban J connectivity index is 1.42. The number of ketones is 1. The van der Waals surface area contributed by atoms with Crippen molar-refractivity contribution in [1.29, 1.82) is 0 Å². The summed E-state index contributed by atoms with van der Waals surface area (Å²) in [4.78, 5) is 27.5. The van der Waals surface area contributed by atoms with Gasteiger partial charge in [-0.1, -0.05) is 12.1 Å². The lowest BCUT2D eigenvalue weighted by Gasteiger charge is -2.08. The SMILES string of the molecule is CC(=O)c1cccc(OCCCC(=O)Nc2ccc(-c3ncn[nH]3)cc2)c1. The van der Waals surface area contributed by atoms with E-state index in [0.717, 1.165) is 11.3 Å². The first-order valence-corrected chi connectivity index (χ1v) is 8.61. The molecule has 1 heterocycles. The van der Waals surface area contributed by atoms with Crippen molar-refractivity contribution in [2.75, 3.05) is 11.9 Å². The monoisotopic (exact) mass is 364 g/mol. The van der Waals surface area contributed by atoms with Gasteiger partial charge in [0.05, 0.1) is 6.61 Å². The molecule has 1 amide bonds. The van der Waals surface area contributed by atoms with Crippen LogP contribution in [-0.4, -0.2) is 33.5 Å². The molecule has 7 nitrogen and oxygen atoms in total. The zero-order chi connectivity index (χ0) is 19.1. The predicted molar refractivity (Wildman–Crippen MR) is 102 cm³/mol. The van der Waals surface area contributed by atoms with Crippen LogP contribution >= 0.6 is 0 Å². The first-order valence-electron chi connectivity index (χ1n) is 8.61. The Morgan fingerprint density at radius 1 is 1.15 bits per heavy atom. The predicted octanol–water partition coefficient (Wildman–Crippen LogP) is 3.47. The number of nitrogens with one attached hydrogen (secondary N) is 2. The highest BCUT2D eigenvalue weighted by Gasteiger charge is 2.05. The number of ether oxygens (including phenoxy) is 1. The van der Waals surface area contributed by atoms with Gasteiger partial charge in [0.25, 0.3) is 0 Å². The van der Waals surface area contributed by atoms with E-state index in [4.69, 9.17) is 4.74 Å². The molecule has 0 aliphatic heterocycles. The minimum atomic E-state index is -0.0801. The Kier molecular flexibility index (Phi) is 5.94. The van der Waals surface area contributed by atoms with Gasteiger partial charge in [-0.2, -0.15) is 5.10 Å². The minimum absolute atomic E-state index is 0.00541. The molecular formula is C20H20N4O3. The first kappa shape index (κ1) is 18.3. The number of hydrogen-bond acceptors (Lipinski definition) is 5. The van der Waals surface area contributed by atoms with Crippen LogP contribution in [0.3, 0.4) is 0 Å². The molecular weight excluding hydrogens is 344 g/mol. The van der Waals surface area contributed by atoms with Crippen LogP contribution in [0.2, 0.25) is 0 Å². The van der Waals surface area contributed by atoms with E-state index >= 15 is 0 Å². The van der Waals surface area contributed by atoms with Crippen LogP contribution < -0.4 is 10.1 Å². The summed E-state index contributed by atoms with van der Waals surface area (Å²) in [6.45, 7) is 1.92. The molecule has 0 radical (unpaired) electrons. The summed E-state index contributed by atoms with van der Waals surface area (Å²) < 4.78 is 5.61. The number of aromatic nitrogens is 3. The number of benzene rings is 2. The molecule has 0 saturated heterocycles. The van der Waals surface area contributed by atoms with Gasteiger partial charge in [-0.15, -0.1) is 0 Å². The third-order valence-electron chi connectivity index (χ3n) is 3.91. The number of nitrogens with zero attached hydrogens (tertiary/aromatic N) is 2. The molecule has 0 atom stereocenters. The van der Waals surface area contributed by atoms with Crippen molar-refractivity contribution >= 4 is 17.4 Å². The third-order valence-corrected chi connectivity index (χ3v) is 3.91. The number of H-pyrrole nitrogens is 1. The maximum Gasteiger partial charge on any atom is 0.224 e. The normalized spacial score (nSPS) is 10.4. The van der Waals surface area contributed by atoms with E-state index in [-0.39, 0.29) is 11.7 Å². The average Bonchev–Trinajstić information content (AvgIpc) is 3.21. The molecule has 3 rings (SSSR count). The third kappa shape index (κ3) is 5.24. The summed E-state index contributed by atoms with van der Waals surface area (Å²) in [5, 5.41) is 9.45. The van der Waals surface area contributed by atoms with E-state index in [2.05, 4.69) is 20.5 Å². The first-order chi connectivity index (χ1) is 13.1. The standard InChI is InChI=1S/C20H20N4O3/c1-14(25)16-4-2-5-18(12-16)27-11-3-6-19(26)23-17-9-7-15(8-10-17)20-21-13-22-24-20/h2,4-5,7-10,12-13H,3,6,11H2,1H3,(H,23,26)(H,21,22,24). The lowest BCUT2D eigenvalue weighted by Crippen LogP contribution is -2.12. The molecule has 1 aromatic heterocycles. The van der Waals surface area contributed by atoms with Crippen molar-refractivity contribution in [2.24, 2.45) is 0 Å². The molecule has 3 aromatic rings. The van der Waals surface area contributed by atoms with Crippen LogP contribution in [0, 0.1) is 0 Å². The molecule has 2 aromatic carbocycles. The number of carbonyl (C=O) groups is 2. The van der Waals surface area contributed by atoms with Gasteiger partial charge in [0.2, 0.25) is 5.91 Å². The van der Waals surface area contributed by atoms with Gasteiger partial charge >= 0.3 is 0 Å². The minimum Gasteiger partial charge on any atom is -0.494 e. The number of rotatable bonds is 8. The summed E-state index contributed by atoms with van der Waals surface area (Å²) in [5.41, 5.74) is 2.23. The highest BCUT2D eigenvalue weighted by molar-refractivity contribution is 5.94. The number of hydrogen-bond donors (Lipinski definition) is 2. The maximum absolute atomic E-state index is 12.0. The maximum atomic E-state index is 12.0. The van der Waals surface area contributed by atoms with E-state index in [0.29, 0.717) is 36.6 Å². The van der Waals surface area contributed by atoms with Gasteiger partial charge < -0.3 is 10.1 Å². The molecule has 2 N–H and O–H groups in total. The zero-order valence-corrected chi connectivity index (χ0v) is 14.9. The Morgan fingerprint density at radius 3 is 2.67 bits per heavy atom. The summed E-state index contributed by atoms with van der Waals surface area (Å²) in [6.07, 6.45) is 2.37. The number of carbonyl (C=O) groups excluding carboxylic acids is 2. The van der Waals surface area contributed by atoms with E-state index in [1.165, 1.54) is 13.3 Å². The van der Waals surface area contributed by atoms with Crippen LogP contribution in [0.15, 0.2) is 54.9 Å². The van der Waals surface area contributed by atoms with Gasteiger partial charge in [0.15, 0.2) is 11.6 Å². The van der Waals surface area contributed by atoms with E-state index in [1.54, 1.807) is 24.3 Å². The number of amides is 1. The highest BCUT2D eigenvalue weighted by atomic mass is 16.5. The van der Waals surface area contributed by atoms with Crippen LogP contribution in [0.1, 0.15) is 30.1 Å². The van der Waals surface area contributed by atoms with Crippen molar-refractivity contribution < 1.29 is 14.3 Å². The lowest BCUT2D eigenvalue weighted by atomic mass is 10.1. The van der Waals surface area contributed by atoms with Gasteiger partial charge in [0, 0.05) is 23.2 Å². The van der Waals surface area contributed by atoms with Gasteiger partial charge in [-0.3, -0.25) is 14.7 Å². The van der Waals surface area contributed by atoms with Gasteiger partial charge in [-0.05, 0) is 49.7 Å². The molecule has 138 valence electrons. The molecule has 0 fully saturated rings. The summed E-state index contributed by atoms with van der Waals surface area (Å²) >= 11 is 0. The van der Waals surface area contributed by atoms with Gasteiger partial charge in [-0.25, -0.2) is 4.98 Å². The number of aromatic amines is 1. The van der Waals surface area contributed by atoms with Crippen LogP contribution in [0.5, 0.6) is 5.75 Å². The van der Waals surface area contributed by atoms with Gasteiger partial charge in [0.1, 0.15) is 12.1 Å². The quantitative estimate of drug-likeness (QED) is 0.471. The number of Topliss-reactive ketones (excluding diaryl/α,β-unsaturated/α-hetero) is 1. The highest BCUT2D eigenvalue weighted by Crippen LogP contribution is 2.17. The topological polar surface area (TPSA) is 97.0 Å². The van der Waals surface area contributed by atoms with Crippen molar-refractivity contribution in [2.45, 2.75) is 19.8 Å². The molecule has 0 unspecified atom stereocenters. The van der Waals surface area contributed by atoms with Crippen molar-refractivity contribution in [1.82, 2.24) is 15.2 Å². The second-order valence-electron chi connectivity index (χ2n) is 6.00. The smallest absolute Gasteiger partial charge is 0.224 e. The molecule has 0 aliphatic carbocycles. The fourth-order valence-corrected chi connectivity index (χ4v) is 2.51. The number of anilines is 1. The molecule has 0 saturated carbocycles. The van der Waals surface area contributed by atoms with Crippen LogP contribution in [0.4, 0.5) is 5.69 Å². The molecule has 27 heavy (non-hydrogen) atoms. The van der Waals surface area contributed by atoms with Crippen molar-refractivity contribution in [3.63, 3.8) is 0 Å². The van der Waals surface area contributed by atoms with E-state index in [9.17, 15) is 9.59 Å². The Bertz CT molecular complexity index is 905. The summed E-state index contributed by atoms with van der Waals surface area (Å²) in [5.74, 6) is 1.22. The second-order valence-corrected chi connectivity index (χ2v) is 6.00. The fourth-order valence-electron chi connectivity index (χ4n) is 2.51. The average molecular weight is 364 g/mol. The zero-order valence-electron chi connectivity index (χ0n) is 14.9. The summed E-state index contributed by atoms with van der Waals surface area (Å²) in [7, 11) is 0. The molecule has 0 aliphatic rings. The molecule has 0 bridgehead atoms. The molecule has 7 heteroatoms. The van der Waals surface area contributed by atoms with Crippen LogP contribution in [-0.2, 0) is 4.79 Å². The fraction of sp³-hybridized carbons (Fsp3) is 0.200. The largest absolute Gasteiger partial charge is 0.494 e. The van der Waals surface area contributed by atoms with Crippen molar-refractivity contribution in [3.05, 3.63) is 60.4 Å². The van der Waals surface area contributed by atoms with Crippen molar-refractivity contribution in [3.8, 4) is 17.1 Å². The Hall–Kier alpha value is -3.48. The Morgan fingerprint density at radius 2 is 1.96 bits per heavy atom. The van der Waals surface area contributed by atoms with E-state index in [1.807, 2.05) is 24.3 Å². The Labute approximate surface area is 156 Å². The lowest BCUT2D eigenvalue weighted by molar-refractivity contribution is -0.116. The van der Waals surface area contributed by atoms with Crippen LogP contribution in [0.25, 0.3) is 11.4 Å². The molecule has 0 spiro atoms. The second kappa shape index (κ2) is 8.75. The summed E-state index contributed by atoms with van der Waals surface area (Å²) in [6, 6.07) is 14.4.